The Hall–Kier alpha value is -2.13. The van der Waals surface area contributed by atoms with E-state index in [0.717, 1.165) is 23.2 Å². The van der Waals surface area contributed by atoms with E-state index >= 15 is 0 Å². The molecule has 3 nitrogen and oxygen atoms in total. The van der Waals surface area contributed by atoms with Crippen LogP contribution in [-0.2, 0) is 6.54 Å². The molecule has 112 valence electrons. The van der Waals surface area contributed by atoms with E-state index in [4.69, 9.17) is 4.42 Å². The lowest BCUT2D eigenvalue weighted by atomic mass is 10.1. The number of oxazole rings is 1. The summed E-state index contributed by atoms with van der Waals surface area (Å²) >= 11 is 0. The molecule has 0 saturated carbocycles. The molecule has 2 heterocycles. The van der Waals surface area contributed by atoms with Gasteiger partial charge in [0.1, 0.15) is 5.52 Å². The fraction of sp³-hybridized carbons (Fsp3) is 0.316. The molecule has 2 aromatic carbocycles. The number of aromatic nitrogens is 1. The van der Waals surface area contributed by atoms with E-state index in [0.29, 0.717) is 5.89 Å². The molecule has 1 aromatic heterocycles. The van der Waals surface area contributed by atoms with Gasteiger partial charge in [-0.2, -0.15) is 0 Å². The van der Waals surface area contributed by atoms with E-state index in [2.05, 4.69) is 34.1 Å². The molecule has 22 heavy (non-hydrogen) atoms. The number of piperidine rings is 1. The van der Waals surface area contributed by atoms with Gasteiger partial charge in [0, 0.05) is 12.1 Å². The summed E-state index contributed by atoms with van der Waals surface area (Å²) in [6.07, 6.45) is 4.05. The van der Waals surface area contributed by atoms with Gasteiger partial charge in [0.05, 0.1) is 0 Å². The van der Waals surface area contributed by atoms with Crippen LogP contribution in [0, 0.1) is 0 Å². The van der Waals surface area contributed by atoms with Crippen LogP contribution in [0.5, 0.6) is 0 Å². The van der Waals surface area contributed by atoms with Crippen LogP contribution < -0.4 is 0 Å². The van der Waals surface area contributed by atoms with Crippen molar-refractivity contribution in [3.8, 4) is 11.5 Å². The zero-order valence-corrected chi connectivity index (χ0v) is 12.7. The van der Waals surface area contributed by atoms with Gasteiger partial charge in [-0.05, 0) is 55.8 Å². The van der Waals surface area contributed by atoms with Crippen LogP contribution >= 0.6 is 0 Å². The molecule has 0 atom stereocenters. The van der Waals surface area contributed by atoms with Gasteiger partial charge in [-0.3, -0.25) is 4.90 Å². The lowest BCUT2D eigenvalue weighted by Gasteiger charge is -2.26. The minimum atomic E-state index is 0.700. The Morgan fingerprint density at radius 2 is 1.68 bits per heavy atom. The predicted octanol–water partition coefficient (Wildman–Crippen LogP) is 4.48. The third kappa shape index (κ3) is 2.77. The van der Waals surface area contributed by atoms with Crippen molar-refractivity contribution in [1.29, 1.82) is 0 Å². The molecular formula is C19H20N2O. The summed E-state index contributed by atoms with van der Waals surface area (Å²) in [4.78, 5) is 7.09. The van der Waals surface area contributed by atoms with Crippen molar-refractivity contribution in [3.63, 3.8) is 0 Å². The van der Waals surface area contributed by atoms with Crippen molar-refractivity contribution in [2.24, 2.45) is 0 Å². The molecule has 1 fully saturated rings. The summed E-state index contributed by atoms with van der Waals surface area (Å²) in [5.74, 6) is 0.700. The van der Waals surface area contributed by atoms with Gasteiger partial charge in [0.25, 0.3) is 0 Å². The number of nitrogens with zero attached hydrogens (tertiary/aromatic N) is 2. The first-order valence-corrected chi connectivity index (χ1v) is 8.06. The van der Waals surface area contributed by atoms with Gasteiger partial charge >= 0.3 is 0 Å². The molecule has 1 aliphatic rings. The Balaban J connectivity index is 1.53. The topological polar surface area (TPSA) is 29.3 Å². The second kappa shape index (κ2) is 5.93. The van der Waals surface area contributed by atoms with Crippen molar-refractivity contribution < 1.29 is 4.42 Å². The minimum Gasteiger partial charge on any atom is -0.436 e. The van der Waals surface area contributed by atoms with Crippen LogP contribution in [0.1, 0.15) is 24.8 Å². The third-order valence-electron chi connectivity index (χ3n) is 4.35. The van der Waals surface area contributed by atoms with Crippen molar-refractivity contribution in [1.82, 2.24) is 9.88 Å². The summed E-state index contributed by atoms with van der Waals surface area (Å²) in [6.45, 7) is 3.51. The lowest BCUT2D eigenvalue weighted by Crippen LogP contribution is -2.28. The molecule has 0 aliphatic carbocycles. The highest BCUT2D eigenvalue weighted by molar-refractivity contribution is 5.75. The molecular weight excluding hydrogens is 272 g/mol. The van der Waals surface area contributed by atoms with Gasteiger partial charge < -0.3 is 4.42 Å². The maximum atomic E-state index is 5.82. The molecule has 0 bridgehead atoms. The Bertz CT molecular complexity index is 721. The molecule has 3 heteroatoms. The van der Waals surface area contributed by atoms with Gasteiger partial charge in [0.15, 0.2) is 5.58 Å². The number of likely N-dealkylation sites (tertiary alicyclic amines) is 1. The summed E-state index contributed by atoms with van der Waals surface area (Å²) in [5.41, 5.74) is 4.16. The lowest BCUT2D eigenvalue weighted by molar-refractivity contribution is 0.221. The van der Waals surface area contributed by atoms with E-state index < -0.39 is 0 Å². The van der Waals surface area contributed by atoms with Gasteiger partial charge in [-0.15, -0.1) is 0 Å². The van der Waals surface area contributed by atoms with Gasteiger partial charge in [-0.25, -0.2) is 4.98 Å². The largest absolute Gasteiger partial charge is 0.436 e. The first kappa shape index (κ1) is 13.5. The SMILES string of the molecule is c1ccc2oc(-c3ccc(CN4CCCCC4)cc3)nc2c1. The van der Waals surface area contributed by atoms with Crippen molar-refractivity contribution >= 4 is 11.1 Å². The highest BCUT2D eigenvalue weighted by Crippen LogP contribution is 2.24. The molecule has 1 aliphatic heterocycles. The van der Waals surface area contributed by atoms with Crippen LogP contribution in [0.25, 0.3) is 22.6 Å². The van der Waals surface area contributed by atoms with E-state index in [1.807, 2.05) is 24.3 Å². The molecule has 0 N–H and O–H groups in total. The maximum Gasteiger partial charge on any atom is 0.227 e. The Kier molecular flexibility index (Phi) is 3.65. The maximum absolute atomic E-state index is 5.82. The fourth-order valence-electron chi connectivity index (χ4n) is 3.12. The number of hydrogen-bond donors (Lipinski definition) is 0. The van der Waals surface area contributed by atoms with E-state index in [9.17, 15) is 0 Å². The second-order valence-corrected chi connectivity index (χ2v) is 6.02. The Morgan fingerprint density at radius 3 is 2.45 bits per heavy atom. The molecule has 3 aromatic rings. The molecule has 1 saturated heterocycles. The minimum absolute atomic E-state index is 0.700. The Labute approximate surface area is 130 Å². The van der Waals surface area contributed by atoms with E-state index in [1.165, 1.54) is 37.9 Å². The van der Waals surface area contributed by atoms with Crippen LogP contribution in [0.15, 0.2) is 52.9 Å². The molecule has 0 unspecified atom stereocenters. The number of para-hydroxylation sites is 2. The molecule has 4 rings (SSSR count). The quantitative estimate of drug-likeness (QED) is 0.712. The standard InChI is InChI=1S/C19H20N2O/c1-4-12-21(13-5-1)14-15-8-10-16(11-9-15)19-20-17-6-2-3-7-18(17)22-19/h2-3,6-11H,1,4-5,12-14H2. The van der Waals surface area contributed by atoms with Crippen molar-refractivity contribution in [3.05, 3.63) is 54.1 Å². The van der Waals surface area contributed by atoms with Crippen LogP contribution in [0.3, 0.4) is 0 Å². The highest BCUT2D eigenvalue weighted by Gasteiger charge is 2.11. The summed E-state index contributed by atoms with van der Waals surface area (Å²) < 4.78 is 5.82. The van der Waals surface area contributed by atoms with Crippen molar-refractivity contribution in [2.75, 3.05) is 13.1 Å². The smallest absolute Gasteiger partial charge is 0.227 e. The Morgan fingerprint density at radius 1 is 0.909 bits per heavy atom. The molecule has 0 amide bonds. The summed E-state index contributed by atoms with van der Waals surface area (Å²) in [6, 6.07) is 16.5. The number of fused-ring (bicyclic) bond motifs is 1. The average Bonchev–Trinajstić information content (AvgIpc) is 3.00. The predicted molar refractivity (Wildman–Crippen MR) is 88.6 cm³/mol. The van der Waals surface area contributed by atoms with Gasteiger partial charge in [0.2, 0.25) is 5.89 Å². The van der Waals surface area contributed by atoms with E-state index in [-0.39, 0.29) is 0 Å². The highest BCUT2D eigenvalue weighted by atomic mass is 16.3. The normalized spacial score (nSPS) is 16.2. The summed E-state index contributed by atoms with van der Waals surface area (Å²) in [5, 5.41) is 0. The monoisotopic (exact) mass is 292 g/mol. The average molecular weight is 292 g/mol. The van der Waals surface area contributed by atoms with E-state index in [1.54, 1.807) is 0 Å². The second-order valence-electron chi connectivity index (χ2n) is 6.02. The first-order valence-electron chi connectivity index (χ1n) is 8.06. The third-order valence-corrected chi connectivity index (χ3v) is 4.35. The van der Waals surface area contributed by atoms with Crippen molar-refractivity contribution in [2.45, 2.75) is 25.8 Å². The zero-order chi connectivity index (χ0) is 14.8. The van der Waals surface area contributed by atoms with Crippen LogP contribution in [0.2, 0.25) is 0 Å². The summed E-state index contributed by atoms with van der Waals surface area (Å²) in [7, 11) is 0. The first-order chi connectivity index (χ1) is 10.9. The van der Waals surface area contributed by atoms with Crippen LogP contribution in [0.4, 0.5) is 0 Å². The zero-order valence-electron chi connectivity index (χ0n) is 12.7. The molecule has 0 radical (unpaired) electrons. The number of benzene rings is 2. The van der Waals surface area contributed by atoms with Crippen LogP contribution in [-0.4, -0.2) is 23.0 Å². The number of rotatable bonds is 3. The fourth-order valence-corrected chi connectivity index (χ4v) is 3.12. The van der Waals surface area contributed by atoms with Gasteiger partial charge in [-0.1, -0.05) is 30.7 Å². The number of hydrogen-bond acceptors (Lipinski definition) is 3. The molecule has 0 spiro atoms.